The van der Waals surface area contributed by atoms with E-state index in [1.807, 2.05) is 0 Å². The first-order chi connectivity index (χ1) is 10.0. The second-order valence-corrected chi connectivity index (χ2v) is 4.96. The second kappa shape index (κ2) is 9.42. The van der Waals surface area contributed by atoms with Crippen molar-refractivity contribution in [2.45, 2.75) is 19.8 Å². The van der Waals surface area contributed by atoms with E-state index in [1.165, 1.54) is 6.08 Å². The molecule has 114 valence electrons. The Morgan fingerprint density at radius 2 is 2.10 bits per heavy atom. The third-order valence-corrected chi connectivity index (χ3v) is 3.39. The molecule has 0 radical (unpaired) electrons. The Morgan fingerprint density at radius 1 is 1.33 bits per heavy atom. The van der Waals surface area contributed by atoms with Crippen LogP contribution in [0.15, 0.2) is 24.3 Å². The molecule has 0 saturated heterocycles. The van der Waals surface area contributed by atoms with Gasteiger partial charge in [0, 0.05) is 19.0 Å². The molecule has 1 aromatic carbocycles. The van der Waals surface area contributed by atoms with Gasteiger partial charge in [-0.15, -0.1) is 0 Å². The number of hydrogen-bond donors (Lipinski definition) is 1. The first-order valence-corrected chi connectivity index (χ1v) is 7.35. The van der Waals surface area contributed by atoms with E-state index in [0.717, 1.165) is 0 Å². The van der Waals surface area contributed by atoms with Gasteiger partial charge in [-0.05, 0) is 31.1 Å². The highest BCUT2D eigenvalue weighted by molar-refractivity contribution is 6.42. The van der Waals surface area contributed by atoms with Gasteiger partial charge < -0.3 is 10.1 Å². The molecule has 0 atom stereocenters. The molecular formula is C15H17Cl2NO3. The fraction of sp³-hybridized carbons (Fsp3) is 0.333. The topological polar surface area (TPSA) is 55.4 Å². The lowest BCUT2D eigenvalue weighted by molar-refractivity contribution is -0.143. The van der Waals surface area contributed by atoms with E-state index in [0.29, 0.717) is 35.2 Å². The van der Waals surface area contributed by atoms with Gasteiger partial charge in [0.05, 0.1) is 16.7 Å². The number of esters is 1. The van der Waals surface area contributed by atoms with Crippen molar-refractivity contribution in [3.63, 3.8) is 0 Å². The summed E-state index contributed by atoms with van der Waals surface area (Å²) in [6, 6.07) is 5.20. The van der Waals surface area contributed by atoms with Gasteiger partial charge in [-0.1, -0.05) is 35.3 Å². The number of carbonyl (C=O) groups excluding carboxylic acids is 2. The predicted molar refractivity (Wildman–Crippen MR) is 84.4 cm³/mol. The Bertz CT molecular complexity index is 530. The molecule has 0 fully saturated rings. The molecule has 4 nitrogen and oxygen atoms in total. The van der Waals surface area contributed by atoms with Gasteiger partial charge in [-0.3, -0.25) is 9.59 Å². The molecule has 6 heteroatoms. The number of rotatable bonds is 7. The Hall–Kier alpha value is -1.52. The Morgan fingerprint density at radius 3 is 2.81 bits per heavy atom. The molecule has 0 aromatic heterocycles. The molecule has 0 bridgehead atoms. The molecule has 0 aliphatic carbocycles. The summed E-state index contributed by atoms with van der Waals surface area (Å²) in [5.74, 6) is -0.511. The van der Waals surface area contributed by atoms with Crippen molar-refractivity contribution in [2.75, 3.05) is 13.2 Å². The van der Waals surface area contributed by atoms with Crippen LogP contribution in [0.3, 0.4) is 0 Å². The average Bonchev–Trinajstić information content (AvgIpc) is 2.45. The molecule has 21 heavy (non-hydrogen) atoms. The zero-order valence-electron chi connectivity index (χ0n) is 11.7. The molecule has 1 N–H and O–H groups in total. The van der Waals surface area contributed by atoms with E-state index in [1.54, 1.807) is 31.2 Å². The standard InChI is InChI=1S/C15H17Cl2NO3/c1-2-21-14(20)7-4-10-18-13(19)9-8-11-5-3-6-12(16)15(11)17/h3,5-6,8-9H,2,4,7,10H2,1H3,(H,18,19). The zero-order valence-corrected chi connectivity index (χ0v) is 13.2. The molecule has 0 heterocycles. The fourth-order valence-corrected chi connectivity index (χ4v) is 1.92. The highest BCUT2D eigenvalue weighted by atomic mass is 35.5. The lowest BCUT2D eigenvalue weighted by atomic mass is 10.2. The maximum atomic E-state index is 11.6. The number of nitrogens with one attached hydrogen (secondary N) is 1. The molecule has 1 amide bonds. The minimum atomic E-state index is -0.256. The number of hydrogen-bond acceptors (Lipinski definition) is 3. The van der Waals surface area contributed by atoms with Crippen molar-refractivity contribution in [2.24, 2.45) is 0 Å². The maximum Gasteiger partial charge on any atom is 0.305 e. The number of ether oxygens (including phenoxy) is 1. The second-order valence-electron chi connectivity index (χ2n) is 4.18. The number of amides is 1. The van der Waals surface area contributed by atoms with Crippen LogP contribution in [0, 0.1) is 0 Å². The van der Waals surface area contributed by atoms with Crippen molar-refractivity contribution in [1.29, 1.82) is 0 Å². The van der Waals surface area contributed by atoms with E-state index in [4.69, 9.17) is 27.9 Å². The van der Waals surface area contributed by atoms with Crippen molar-refractivity contribution >= 4 is 41.2 Å². The minimum Gasteiger partial charge on any atom is -0.466 e. The SMILES string of the molecule is CCOC(=O)CCCNC(=O)C=Cc1cccc(Cl)c1Cl. The Labute approximate surface area is 134 Å². The summed E-state index contributed by atoms with van der Waals surface area (Å²) in [6.07, 6.45) is 3.80. The summed E-state index contributed by atoms with van der Waals surface area (Å²) in [7, 11) is 0. The van der Waals surface area contributed by atoms with Crippen molar-refractivity contribution in [3.05, 3.63) is 39.9 Å². The van der Waals surface area contributed by atoms with Gasteiger partial charge in [0.25, 0.3) is 0 Å². The average molecular weight is 330 g/mol. The number of carbonyl (C=O) groups is 2. The van der Waals surface area contributed by atoms with Crippen molar-refractivity contribution in [3.8, 4) is 0 Å². The van der Waals surface area contributed by atoms with Gasteiger partial charge in [-0.25, -0.2) is 0 Å². The fourth-order valence-electron chi connectivity index (χ4n) is 1.55. The van der Waals surface area contributed by atoms with Crippen LogP contribution in [0.1, 0.15) is 25.3 Å². The van der Waals surface area contributed by atoms with Crippen LogP contribution in [-0.2, 0) is 14.3 Å². The largest absolute Gasteiger partial charge is 0.466 e. The summed E-state index contributed by atoms with van der Waals surface area (Å²) >= 11 is 11.9. The third-order valence-electron chi connectivity index (χ3n) is 2.56. The van der Waals surface area contributed by atoms with Crippen LogP contribution in [0.4, 0.5) is 0 Å². The smallest absolute Gasteiger partial charge is 0.305 e. The van der Waals surface area contributed by atoms with Crippen LogP contribution in [-0.4, -0.2) is 25.0 Å². The number of halogens is 2. The molecule has 0 saturated carbocycles. The van der Waals surface area contributed by atoms with Gasteiger partial charge in [0.1, 0.15) is 0 Å². The lowest BCUT2D eigenvalue weighted by Gasteiger charge is -2.03. The number of benzene rings is 1. The maximum absolute atomic E-state index is 11.6. The molecule has 0 spiro atoms. The minimum absolute atomic E-state index is 0.255. The summed E-state index contributed by atoms with van der Waals surface area (Å²) in [6.45, 7) is 2.53. The molecule has 1 rings (SSSR count). The van der Waals surface area contributed by atoms with Crippen LogP contribution >= 0.6 is 23.2 Å². The van der Waals surface area contributed by atoms with E-state index in [9.17, 15) is 9.59 Å². The monoisotopic (exact) mass is 329 g/mol. The van der Waals surface area contributed by atoms with Crippen LogP contribution in [0.5, 0.6) is 0 Å². The zero-order chi connectivity index (χ0) is 15.7. The summed E-state index contributed by atoms with van der Waals surface area (Å²) < 4.78 is 4.79. The third kappa shape index (κ3) is 6.65. The van der Waals surface area contributed by atoms with Crippen molar-refractivity contribution < 1.29 is 14.3 Å². The van der Waals surface area contributed by atoms with Crippen LogP contribution < -0.4 is 5.32 Å². The quantitative estimate of drug-likeness (QED) is 0.473. The van der Waals surface area contributed by atoms with Gasteiger partial charge in [0.15, 0.2) is 0 Å². The van der Waals surface area contributed by atoms with Gasteiger partial charge in [-0.2, -0.15) is 0 Å². The molecule has 1 aromatic rings. The molecule has 0 aliphatic rings. The highest BCUT2D eigenvalue weighted by Gasteiger charge is 2.03. The highest BCUT2D eigenvalue weighted by Crippen LogP contribution is 2.26. The Balaban J connectivity index is 2.35. The van der Waals surface area contributed by atoms with E-state index >= 15 is 0 Å². The van der Waals surface area contributed by atoms with Gasteiger partial charge >= 0.3 is 5.97 Å². The summed E-state index contributed by atoms with van der Waals surface area (Å²) in [4.78, 5) is 22.7. The summed E-state index contributed by atoms with van der Waals surface area (Å²) in [5.41, 5.74) is 0.672. The Kier molecular flexibility index (Phi) is 7.87. The predicted octanol–water partition coefficient (Wildman–Crippen LogP) is 3.47. The molecule has 0 aliphatic heterocycles. The molecular weight excluding hydrogens is 313 g/mol. The first kappa shape index (κ1) is 17.5. The van der Waals surface area contributed by atoms with Crippen molar-refractivity contribution in [1.82, 2.24) is 5.32 Å². The van der Waals surface area contributed by atoms with Crippen LogP contribution in [0.25, 0.3) is 6.08 Å². The first-order valence-electron chi connectivity index (χ1n) is 6.60. The lowest BCUT2D eigenvalue weighted by Crippen LogP contribution is -2.22. The summed E-state index contributed by atoms with van der Waals surface area (Å²) in [5, 5.41) is 3.52. The van der Waals surface area contributed by atoms with E-state index < -0.39 is 0 Å². The normalized spacial score (nSPS) is 10.6. The van der Waals surface area contributed by atoms with Gasteiger partial charge in [0.2, 0.25) is 5.91 Å². The van der Waals surface area contributed by atoms with E-state index in [-0.39, 0.29) is 18.3 Å². The molecule has 0 unspecified atom stereocenters. The van der Waals surface area contributed by atoms with Crippen LogP contribution in [0.2, 0.25) is 10.0 Å². The van der Waals surface area contributed by atoms with E-state index in [2.05, 4.69) is 5.32 Å².